The molecule has 4 rings (SSSR count). The lowest BCUT2D eigenvalue weighted by Crippen LogP contribution is -2.50. The van der Waals surface area contributed by atoms with Gasteiger partial charge in [-0.3, -0.25) is 4.90 Å². The molecule has 1 aliphatic heterocycles. The van der Waals surface area contributed by atoms with Crippen LogP contribution in [0.5, 0.6) is 11.5 Å². The number of hydrogen-bond donors (Lipinski definition) is 0. The molecule has 35 heavy (non-hydrogen) atoms. The van der Waals surface area contributed by atoms with Gasteiger partial charge in [0.1, 0.15) is 17.4 Å². The summed E-state index contributed by atoms with van der Waals surface area (Å²) >= 11 is 6.52. The van der Waals surface area contributed by atoms with Gasteiger partial charge in [0.2, 0.25) is 0 Å². The molecule has 1 heterocycles. The minimum Gasteiger partial charge on any atom is -0.495 e. The van der Waals surface area contributed by atoms with E-state index in [2.05, 4.69) is 28.7 Å². The summed E-state index contributed by atoms with van der Waals surface area (Å²) in [6.45, 7) is 5.68. The van der Waals surface area contributed by atoms with Crippen molar-refractivity contribution >= 4 is 39.6 Å². The van der Waals surface area contributed by atoms with Gasteiger partial charge in [0.05, 0.1) is 30.5 Å². The van der Waals surface area contributed by atoms with E-state index in [1.165, 1.54) is 0 Å². The fourth-order valence-electron chi connectivity index (χ4n) is 4.99. The van der Waals surface area contributed by atoms with Crippen molar-refractivity contribution in [2.24, 2.45) is 0 Å². The second-order valence-electron chi connectivity index (χ2n) is 8.89. The summed E-state index contributed by atoms with van der Waals surface area (Å²) in [5.74, 6) is 3.86. The Kier molecular flexibility index (Phi) is 8.35. The van der Waals surface area contributed by atoms with E-state index in [4.69, 9.17) is 21.1 Å². The third-order valence-electron chi connectivity index (χ3n) is 6.90. The van der Waals surface area contributed by atoms with Crippen LogP contribution in [0, 0.1) is 0 Å². The molecule has 0 aromatic heterocycles. The van der Waals surface area contributed by atoms with Crippen LogP contribution < -0.4 is 14.4 Å². The zero-order valence-electron chi connectivity index (χ0n) is 20.7. The van der Waals surface area contributed by atoms with E-state index >= 15 is 0 Å². The van der Waals surface area contributed by atoms with Gasteiger partial charge in [-0.25, -0.2) is 4.79 Å². The minimum absolute atomic E-state index is 0.0263. The SMILES string of the molecule is CCCCC(C(=C=O)c1ccc2c(Cl)c(OC)ccc2c1)N1CCN(c2ccccc2OC)CC1. The van der Waals surface area contributed by atoms with Crippen molar-refractivity contribution in [2.45, 2.75) is 32.2 Å². The third kappa shape index (κ3) is 5.33. The highest BCUT2D eigenvalue weighted by Crippen LogP contribution is 2.35. The summed E-state index contributed by atoms with van der Waals surface area (Å²) in [5, 5.41) is 2.48. The molecule has 1 fully saturated rings. The zero-order chi connectivity index (χ0) is 24.8. The van der Waals surface area contributed by atoms with E-state index in [1.54, 1.807) is 14.2 Å². The Labute approximate surface area is 212 Å². The highest BCUT2D eigenvalue weighted by atomic mass is 35.5. The van der Waals surface area contributed by atoms with E-state index in [0.717, 1.165) is 78.8 Å². The van der Waals surface area contributed by atoms with Crippen LogP contribution in [0.2, 0.25) is 5.02 Å². The minimum atomic E-state index is 0.0263. The van der Waals surface area contributed by atoms with Crippen molar-refractivity contribution in [1.29, 1.82) is 0 Å². The lowest BCUT2D eigenvalue weighted by Gasteiger charge is -2.41. The molecule has 0 aliphatic carbocycles. The number of anilines is 1. The average molecular weight is 493 g/mol. The first-order chi connectivity index (χ1) is 17.1. The molecule has 6 heteroatoms. The van der Waals surface area contributed by atoms with Gasteiger partial charge in [-0.15, -0.1) is 0 Å². The summed E-state index contributed by atoms with van der Waals surface area (Å²) in [6.07, 6.45) is 3.06. The van der Waals surface area contributed by atoms with Gasteiger partial charge in [-0.1, -0.05) is 61.7 Å². The topological polar surface area (TPSA) is 42.0 Å². The molecule has 5 nitrogen and oxygen atoms in total. The van der Waals surface area contributed by atoms with Crippen molar-refractivity contribution in [3.63, 3.8) is 0 Å². The number of benzene rings is 3. The average Bonchev–Trinajstić information content (AvgIpc) is 2.91. The van der Waals surface area contributed by atoms with Gasteiger partial charge in [-0.05, 0) is 41.6 Å². The number of methoxy groups -OCH3 is 2. The maximum Gasteiger partial charge on any atom is 0.142 e. The molecule has 3 aromatic carbocycles. The van der Waals surface area contributed by atoms with Crippen LogP contribution in [0.25, 0.3) is 16.3 Å². The number of rotatable bonds is 9. The van der Waals surface area contributed by atoms with Crippen LogP contribution in [0.15, 0.2) is 54.6 Å². The normalized spacial score (nSPS) is 15.0. The molecule has 0 N–H and O–H groups in total. The van der Waals surface area contributed by atoms with Gasteiger partial charge >= 0.3 is 0 Å². The molecule has 1 aliphatic rings. The van der Waals surface area contributed by atoms with E-state index in [9.17, 15) is 4.79 Å². The number of fused-ring (bicyclic) bond motifs is 1. The Hall–Kier alpha value is -2.98. The second-order valence-corrected chi connectivity index (χ2v) is 9.26. The molecular formula is C29H33ClN2O3. The molecule has 3 aromatic rings. The zero-order valence-corrected chi connectivity index (χ0v) is 21.5. The van der Waals surface area contributed by atoms with Crippen LogP contribution >= 0.6 is 11.6 Å². The molecule has 184 valence electrons. The summed E-state index contributed by atoms with van der Waals surface area (Å²) in [4.78, 5) is 17.2. The van der Waals surface area contributed by atoms with Crippen molar-refractivity contribution in [1.82, 2.24) is 4.90 Å². The summed E-state index contributed by atoms with van der Waals surface area (Å²) in [6, 6.07) is 18.0. The number of para-hydroxylation sites is 2. The number of ether oxygens (including phenoxy) is 2. The lowest BCUT2D eigenvalue weighted by molar-refractivity contribution is 0.211. The van der Waals surface area contributed by atoms with Gasteiger partial charge in [-0.2, -0.15) is 0 Å². The Bertz CT molecular complexity index is 1210. The largest absolute Gasteiger partial charge is 0.495 e. The first-order valence-electron chi connectivity index (χ1n) is 12.2. The maximum absolute atomic E-state index is 12.4. The first kappa shape index (κ1) is 25.1. The molecule has 1 saturated heterocycles. The van der Waals surface area contributed by atoms with Crippen LogP contribution in [-0.4, -0.2) is 57.3 Å². The van der Waals surface area contributed by atoms with Crippen molar-refractivity contribution in [3.8, 4) is 11.5 Å². The molecule has 0 spiro atoms. The first-order valence-corrected chi connectivity index (χ1v) is 12.6. The summed E-state index contributed by atoms with van der Waals surface area (Å²) < 4.78 is 10.9. The molecule has 0 bridgehead atoms. The standard InChI is InChI=1S/C29H33ClN2O3/c1-4-5-8-25(31-15-17-32(18-16-31)26-9-6-7-10-27(26)34-2)24(20-33)22-11-13-23-21(19-22)12-14-28(35-3)29(23)30/h6-7,9-14,19,25H,4-5,8,15-18H2,1-3H3. The fourth-order valence-corrected chi connectivity index (χ4v) is 5.30. The lowest BCUT2D eigenvalue weighted by atomic mass is 9.92. The number of piperazine rings is 1. The van der Waals surface area contributed by atoms with Crippen LogP contribution in [0.1, 0.15) is 31.7 Å². The number of halogens is 1. The van der Waals surface area contributed by atoms with Crippen molar-refractivity contribution in [3.05, 3.63) is 65.2 Å². The fraction of sp³-hybridized carbons (Fsp3) is 0.379. The molecular weight excluding hydrogens is 460 g/mol. The van der Waals surface area contributed by atoms with Gasteiger partial charge in [0.15, 0.2) is 0 Å². The molecule has 1 atom stereocenters. The van der Waals surface area contributed by atoms with Gasteiger partial charge in [0.25, 0.3) is 0 Å². The summed E-state index contributed by atoms with van der Waals surface area (Å²) in [7, 11) is 3.32. The maximum atomic E-state index is 12.4. The predicted molar refractivity (Wildman–Crippen MR) is 145 cm³/mol. The van der Waals surface area contributed by atoms with Crippen molar-refractivity contribution < 1.29 is 14.3 Å². The smallest absolute Gasteiger partial charge is 0.142 e. The van der Waals surface area contributed by atoms with E-state index in [1.807, 2.05) is 48.5 Å². The number of hydrogen-bond acceptors (Lipinski definition) is 5. The third-order valence-corrected chi connectivity index (χ3v) is 7.29. The van der Waals surface area contributed by atoms with E-state index in [0.29, 0.717) is 10.8 Å². The number of carbonyl (C=O) groups excluding carboxylic acids is 1. The Morgan fingerprint density at radius 3 is 2.43 bits per heavy atom. The van der Waals surface area contributed by atoms with E-state index in [-0.39, 0.29) is 6.04 Å². The predicted octanol–water partition coefficient (Wildman–Crippen LogP) is 6.11. The monoisotopic (exact) mass is 492 g/mol. The van der Waals surface area contributed by atoms with Crippen LogP contribution in [0.3, 0.4) is 0 Å². The molecule has 0 amide bonds. The highest BCUT2D eigenvalue weighted by molar-refractivity contribution is 6.37. The molecule has 0 radical (unpaired) electrons. The Balaban J connectivity index is 1.58. The summed E-state index contributed by atoms with van der Waals surface area (Å²) in [5.41, 5.74) is 2.74. The highest BCUT2D eigenvalue weighted by Gasteiger charge is 2.29. The molecule has 1 unspecified atom stereocenters. The number of unbranched alkanes of at least 4 members (excludes halogenated alkanes) is 1. The van der Waals surface area contributed by atoms with Crippen LogP contribution in [0.4, 0.5) is 5.69 Å². The van der Waals surface area contributed by atoms with Gasteiger partial charge in [0, 0.05) is 37.6 Å². The molecule has 0 saturated carbocycles. The van der Waals surface area contributed by atoms with Crippen LogP contribution in [-0.2, 0) is 4.79 Å². The Morgan fingerprint density at radius 1 is 1.00 bits per heavy atom. The second kappa shape index (κ2) is 11.6. The Morgan fingerprint density at radius 2 is 1.74 bits per heavy atom. The van der Waals surface area contributed by atoms with Crippen molar-refractivity contribution in [2.75, 3.05) is 45.3 Å². The van der Waals surface area contributed by atoms with Gasteiger partial charge < -0.3 is 14.4 Å². The quantitative estimate of drug-likeness (QED) is 0.337. The van der Waals surface area contributed by atoms with E-state index < -0.39 is 0 Å². The number of nitrogens with zero attached hydrogens (tertiary/aromatic N) is 2.